The molecule has 0 aliphatic carbocycles. The van der Waals surface area contributed by atoms with Gasteiger partial charge in [-0.25, -0.2) is 0 Å². The first kappa shape index (κ1) is 12.4. The van der Waals surface area contributed by atoms with E-state index < -0.39 is 0 Å². The van der Waals surface area contributed by atoms with E-state index in [1.165, 1.54) is 0 Å². The van der Waals surface area contributed by atoms with Crippen molar-refractivity contribution in [2.45, 2.75) is 6.92 Å². The molecule has 0 aliphatic rings. The van der Waals surface area contributed by atoms with E-state index in [9.17, 15) is 0 Å². The predicted octanol–water partition coefficient (Wildman–Crippen LogP) is 2.24. The zero-order chi connectivity index (χ0) is 9.26. The molecule has 1 heterocycles. The summed E-state index contributed by atoms with van der Waals surface area (Å²) in [6, 6.07) is 5.81. The minimum atomic E-state index is 0. The van der Waals surface area contributed by atoms with Crippen molar-refractivity contribution >= 4 is 74.6 Å². The van der Waals surface area contributed by atoms with E-state index in [1.54, 1.807) is 0 Å². The third-order valence-electron chi connectivity index (χ3n) is 1.80. The number of benzene rings is 1. The maximum atomic E-state index is 5.36. The van der Waals surface area contributed by atoms with Gasteiger partial charge in [-0.05, 0) is 31.3 Å². The van der Waals surface area contributed by atoms with Crippen LogP contribution in [0.1, 0.15) is 6.92 Å². The van der Waals surface area contributed by atoms with Crippen LogP contribution in [0, 0.1) is 4.77 Å². The summed E-state index contributed by atoms with van der Waals surface area (Å²) in [5.41, 5.74) is 1.99. The third kappa shape index (κ3) is 2.68. The minimum absolute atomic E-state index is 0. The van der Waals surface area contributed by atoms with Crippen LogP contribution in [0.2, 0.25) is 0 Å². The molecule has 0 unspecified atom stereocenters. The predicted molar refractivity (Wildman–Crippen MR) is 60.4 cm³/mol. The Balaban J connectivity index is 0.000000980. The first-order valence-electron chi connectivity index (χ1n) is 4.14. The maximum absolute atomic E-state index is 5.36. The monoisotopic (exact) mass is 233 g/mol. The molecule has 69 valence electrons. The van der Waals surface area contributed by atoms with Gasteiger partial charge < -0.3 is 14.7 Å². The number of imidazole rings is 1. The average molecular weight is 233 g/mol. The van der Waals surface area contributed by atoms with Gasteiger partial charge in [0.15, 0.2) is 4.77 Å². The Bertz CT molecular complexity index is 477. The summed E-state index contributed by atoms with van der Waals surface area (Å²) < 4.78 is 6.00. The van der Waals surface area contributed by atoms with Crippen LogP contribution in [0.15, 0.2) is 18.2 Å². The fourth-order valence-electron chi connectivity index (χ4n) is 1.27. The number of ether oxygens (including phenoxy) is 1. The van der Waals surface area contributed by atoms with Gasteiger partial charge in [0.25, 0.3) is 0 Å². The Kier molecular flexibility index (Phi) is 4.82. The first-order valence-corrected chi connectivity index (χ1v) is 4.55. The summed E-state index contributed by atoms with van der Waals surface area (Å²) in [7, 11) is 0. The van der Waals surface area contributed by atoms with Gasteiger partial charge >= 0.3 is 0 Å². The van der Waals surface area contributed by atoms with Crippen molar-refractivity contribution in [2.24, 2.45) is 0 Å². The van der Waals surface area contributed by atoms with E-state index in [4.69, 9.17) is 17.0 Å². The largest absolute Gasteiger partial charge is 0.494 e. The molecule has 0 aliphatic heterocycles. The van der Waals surface area contributed by atoms with Crippen LogP contribution in [-0.4, -0.2) is 68.0 Å². The fraction of sp³-hybridized carbons (Fsp3) is 0.222. The van der Waals surface area contributed by atoms with Crippen molar-refractivity contribution < 1.29 is 4.74 Å². The summed E-state index contributed by atoms with van der Waals surface area (Å²) in [5, 5.41) is 0. The fourth-order valence-corrected chi connectivity index (χ4v) is 1.49. The van der Waals surface area contributed by atoms with E-state index in [0.29, 0.717) is 11.4 Å². The molecule has 5 heteroatoms. The molecule has 0 bridgehead atoms. The Labute approximate surface area is 130 Å². The van der Waals surface area contributed by atoms with Crippen molar-refractivity contribution in [1.82, 2.24) is 9.97 Å². The van der Waals surface area contributed by atoms with Gasteiger partial charge in [0.1, 0.15) is 5.75 Å². The van der Waals surface area contributed by atoms with Gasteiger partial charge in [0, 0.05) is 57.5 Å². The molecule has 0 saturated carbocycles. The van der Waals surface area contributed by atoms with Gasteiger partial charge in [-0.3, -0.25) is 0 Å². The quantitative estimate of drug-likeness (QED) is 0.617. The van der Waals surface area contributed by atoms with Gasteiger partial charge in [0.2, 0.25) is 0 Å². The second kappa shape index (κ2) is 5.44. The van der Waals surface area contributed by atoms with Crippen LogP contribution in [0.5, 0.6) is 5.75 Å². The standard InChI is InChI=1S/C9H10N2OS.K/c1-2-12-6-3-4-7-8(5-6)11-9(13)10-7;/h3-5H,2H2,1H3,(H2,10,11,13);. The topological polar surface area (TPSA) is 40.8 Å². The first-order chi connectivity index (χ1) is 6.29. The number of H-pyrrole nitrogens is 2. The zero-order valence-electron chi connectivity index (χ0n) is 8.26. The van der Waals surface area contributed by atoms with Crippen molar-refractivity contribution in [3.8, 4) is 5.75 Å². The Morgan fingerprint density at radius 3 is 2.71 bits per heavy atom. The molecule has 2 aromatic rings. The molecule has 1 radical (unpaired) electrons. The van der Waals surface area contributed by atoms with E-state index in [2.05, 4.69) is 9.97 Å². The third-order valence-corrected chi connectivity index (χ3v) is 2.00. The molecular weight excluding hydrogens is 223 g/mol. The number of aromatic nitrogens is 2. The van der Waals surface area contributed by atoms with Gasteiger partial charge in [-0.1, -0.05) is 0 Å². The molecular formula is C9H10KN2OS. The molecule has 14 heavy (non-hydrogen) atoms. The molecule has 0 spiro atoms. The van der Waals surface area contributed by atoms with Crippen molar-refractivity contribution in [3.05, 3.63) is 23.0 Å². The van der Waals surface area contributed by atoms with Crippen LogP contribution in [0.4, 0.5) is 0 Å². The summed E-state index contributed by atoms with van der Waals surface area (Å²) in [6.45, 7) is 2.64. The van der Waals surface area contributed by atoms with Crippen molar-refractivity contribution in [2.75, 3.05) is 6.61 Å². The summed E-state index contributed by atoms with van der Waals surface area (Å²) in [6.07, 6.45) is 0. The van der Waals surface area contributed by atoms with Crippen LogP contribution in [-0.2, 0) is 0 Å². The smallest absolute Gasteiger partial charge is 0.175 e. The Morgan fingerprint density at radius 1 is 1.29 bits per heavy atom. The van der Waals surface area contributed by atoms with E-state index >= 15 is 0 Å². The molecule has 0 atom stereocenters. The molecule has 0 amide bonds. The van der Waals surface area contributed by atoms with Crippen LogP contribution < -0.4 is 4.74 Å². The number of hydrogen-bond donors (Lipinski definition) is 2. The van der Waals surface area contributed by atoms with Gasteiger partial charge in [-0.15, -0.1) is 0 Å². The molecule has 2 N–H and O–H groups in total. The zero-order valence-corrected chi connectivity index (χ0v) is 12.2. The second-order valence-electron chi connectivity index (χ2n) is 2.72. The SMILES string of the molecule is CCOc1ccc2[nH]c(=S)[nH]c2c1.[K]. The summed E-state index contributed by atoms with van der Waals surface area (Å²) in [5.74, 6) is 0.861. The number of fused-ring (bicyclic) bond motifs is 1. The molecule has 0 fully saturated rings. The molecule has 3 nitrogen and oxygen atoms in total. The average Bonchev–Trinajstić information content (AvgIpc) is 2.44. The van der Waals surface area contributed by atoms with Crippen LogP contribution in [0.25, 0.3) is 11.0 Å². The maximum Gasteiger partial charge on any atom is 0.175 e. The number of hydrogen-bond acceptors (Lipinski definition) is 2. The van der Waals surface area contributed by atoms with Gasteiger partial charge in [-0.2, -0.15) is 0 Å². The van der Waals surface area contributed by atoms with Gasteiger partial charge in [0.05, 0.1) is 17.6 Å². The van der Waals surface area contributed by atoms with Crippen molar-refractivity contribution in [1.29, 1.82) is 0 Å². The normalized spacial score (nSPS) is 9.79. The minimum Gasteiger partial charge on any atom is -0.494 e. The Hall–Kier alpha value is 0.346. The van der Waals surface area contributed by atoms with E-state index in [-0.39, 0.29) is 51.4 Å². The summed E-state index contributed by atoms with van der Waals surface area (Å²) >= 11 is 4.97. The molecule has 2 rings (SSSR count). The number of rotatable bonds is 2. The molecule has 1 aromatic carbocycles. The van der Waals surface area contributed by atoms with Crippen LogP contribution in [0.3, 0.4) is 0 Å². The van der Waals surface area contributed by atoms with E-state index in [0.717, 1.165) is 16.8 Å². The number of nitrogens with one attached hydrogen (secondary N) is 2. The van der Waals surface area contributed by atoms with E-state index in [1.807, 2.05) is 25.1 Å². The molecule has 1 aromatic heterocycles. The number of aromatic amines is 2. The Morgan fingerprint density at radius 2 is 2.00 bits per heavy atom. The second-order valence-corrected chi connectivity index (χ2v) is 3.13. The van der Waals surface area contributed by atoms with Crippen molar-refractivity contribution in [3.63, 3.8) is 0 Å². The van der Waals surface area contributed by atoms with Crippen LogP contribution >= 0.6 is 12.2 Å². The molecule has 0 saturated heterocycles. The summed E-state index contributed by atoms with van der Waals surface area (Å²) in [4.78, 5) is 6.07.